The van der Waals surface area contributed by atoms with E-state index in [4.69, 9.17) is 11.6 Å². The highest BCUT2D eigenvalue weighted by molar-refractivity contribution is 6.30. The molecular formula is C12H7ClF3NO. The van der Waals surface area contributed by atoms with E-state index < -0.39 is 17.3 Å². The quantitative estimate of drug-likeness (QED) is 0.844. The van der Waals surface area contributed by atoms with Gasteiger partial charge in [-0.15, -0.1) is 0 Å². The number of pyridine rings is 1. The van der Waals surface area contributed by atoms with Gasteiger partial charge >= 0.3 is 6.18 Å². The van der Waals surface area contributed by atoms with Crippen LogP contribution in [0.1, 0.15) is 5.56 Å². The van der Waals surface area contributed by atoms with Gasteiger partial charge in [0.05, 0.1) is 5.56 Å². The van der Waals surface area contributed by atoms with Crippen LogP contribution in [0.25, 0.3) is 11.3 Å². The molecule has 0 atom stereocenters. The van der Waals surface area contributed by atoms with E-state index in [0.29, 0.717) is 0 Å². The maximum absolute atomic E-state index is 12.9. The van der Waals surface area contributed by atoms with Crippen LogP contribution in [0, 0.1) is 0 Å². The van der Waals surface area contributed by atoms with E-state index in [9.17, 15) is 18.0 Å². The van der Waals surface area contributed by atoms with Crippen LogP contribution in [0.5, 0.6) is 0 Å². The number of halogens is 4. The minimum atomic E-state index is -4.53. The second kappa shape index (κ2) is 4.49. The van der Waals surface area contributed by atoms with Crippen molar-refractivity contribution in [2.45, 2.75) is 6.18 Å². The summed E-state index contributed by atoms with van der Waals surface area (Å²) in [5.74, 6) is 0. The molecule has 0 amide bonds. The number of aromatic amines is 1. The van der Waals surface area contributed by atoms with Crippen molar-refractivity contribution in [1.29, 1.82) is 0 Å². The van der Waals surface area contributed by atoms with Crippen molar-refractivity contribution >= 4 is 11.6 Å². The van der Waals surface area contributed by atoms with Gasteiger partial charge < -0.3 is 4.98 Å². The first-order valence-corrected chi connectivity index (χ1v) is 5.32. The van der Waals surface area contributed by atoms with Crippen molar-refractivity contribution in [2.24, 2.45) is 0 Å². The van der Waals surface area contributed by atoms with Gasteiger partial charge in [0, 0.05) is 22.3 Å². The molecule has 0 radical (unpaired) electrons. The molecule has 18 heavy (non-hydrogen) atoms. The zero-order valence-electron chi connectivity index (χ0n) is 8.88. The Kier molecular flexibility index (Phi) is 3.17. The van der Waals surface area contributed by atoms with Crippen molar-refractivity contribution in [3.63, 3.8) is 0 Å². The standard InChI is InChI=1S/C12H7ClF3NO/c13-7-4-5-8(9(6-7)12(14,15)16)10-2-1-3-11(18)17-10/h1-6H,(H,17,18). The van der Waals surface area contributed by atoms with Crippen LogP contribution >= 0.6 is 11.6 Å². The summed E-state index contributed by atoms with van der Waals surface area (Å²) in [6.07, 6.45) is -4.53. The Morgan fingerprint density at radius 3 is 2.44 bits per heavy atom. The van der Waals surface area contributed by atoms with Crippen molar-refractivity contribution < 1.29 is 13.2 Å². The Balaban J connectivity index is 2.68. The smallest absolute Gasteiger partial charge is 0.322 e. The molecule has 1 aromatic heterocycles. The van der Waals surface area contributed by atoms with Crippen LogP contribution in [0.4, 0.5) is 13.2 Å². The lowest BCUT2D eigenvalue weighted by Crippen LogP contribution is -2.10. The van der Waals surface area contributed by atoms with E-state index in [-0.39, 0.29) is 16.3 Å². The van der Waals surface area contributed by atoms with E-state index in [1.54, 1.807) is 0 Å². The molecule has 1 aromatic carbocycles. The van der Waals surface area contributed by atoms with E-state index in [1.165, 1.54) is 30.3 Å². The fourth-order valence-electron chi connectivity index (χ4n) is 1.59. The van der Waals surface area contributed by atoms with Gasteiger partial charge in [-0.1, -0.05) is 23.7 Å². The van der Waals surface area contributed by atoms with Gasteiger partial charge in [0.1, 0.15) is 0 Å². The Bertz CT molecular complexity index is 634. The average Bonchev–Trinajstić information content (AvgIpc) is 2.27. The molecule has 0 spiro atoms. The normalized spacial score (nSPS) is 11.6. The maximum Gasteiger partial charge on any atom is 0.417 e. The number of hydrogen-bond acceptors (Lipinski definition) is 1. The van der Waals surface area contributed by atoms with Crippen LogP contribution in [0.3, 0.4) is 0 Å². The van der Waals surface area contributed by atoms with Gasteiger partial charge in [-0.3, -0.25) is 4.79 Å². The Morgan fingerprint density at radius 2 is 1.83 bits per heavy atom. The van der Waals surface area contributed by atoms with E-state index in [1.807, 2.05) is 0 Å². The molecule has 0 saturated heterocycles. The molecule has 0 aliphatic rings. The molecule has 2 aromatic rings. The molecule has 1 heterocycles. The second-order valence-electron chi connectivity index (χ2n) is 3.62. The molecule has 0 saturated carbocycles. The van der Waals surface area contributed by atoms with Crippen molar-refractivity contribution in [2.75, 3.05) is 0 Å². The zero-order valence-corrected chi connectivity index (χ0v) is 9.64. The summed E-state index contributed by atoms with van der Waals surface area (Å²) in [6, 6.07) is 7.44. The third-order valence-corrected chi connectivity index (χ3v) is 2.58. The summed E-state index contributed by atoms with van der Waals surface area (Å²) in [7, 11) is 0. The Hall–Kier alpha value is -1.75. The van der Waals surface area contributed by atoms with Gasteiger partial charge in [0.2, 0.25) is 5.56 Å². The number of rotatable bonds is 1. The van der Waals surface area contributed by atoms with E-state index >= 15 is 0 Å². The number of H-pyrrole nitrogens is 1. The number of aromatic nitrogens is 1. The largest absolute Gasteiger partial charge is 0.417 e. The monoisotopic (exact) mass is 273 g/mol. The van der Waals surface area contributed by atoms with Crippen LogP contribution in [0.15, 0.2) is 41.2 Å². The minimum absolute atomic E-state index is 0.00986. The summed E-state index contributed by atoms with van der Waals surface area (Å²) >= 11 is 5.57. The fraction of sp³-hybridized carbons (Fsp3) is 0.0833. The molecule has 94 valence electrons. The predicted molar refractivity (Wildman–Crippen MR) is 62.5 cm³/mol. The first-order chi connectivity index (χ1) is 8.38. The summed E-state index contributed by atoms with van der Waals surface area (Å²) in [6.45, 7) is 0. The lowest BCUT2D eigenvalue weighted by atomic mass is 10.0. The highest BCUT2D eigenvalue weighted by atomic mass is 35.5. The molecule has 0 fully saturated rings. The second-order valence-corrected chi connectivity index (χ2v) is 4.05. The highest BCUT2D eigenvalue weighted by Gasteiger charge is 2.34. The number of alkyl halides is 3. The van der Waals surface area contributed by atoms with Crippen LogP contribution in [0.2, 0.25) is 5.02 Å². The number of benzene rings is 1. The van der Waals surface area contributed by atoms with Crippen LogP contribution in [-0.4, -0.2) is 4.98 Å². The van der Waals surface area contributed by atoms with E-state index in [0.717, 1.165) is 6.07 Å². The summed E-state index contributed by atoms with van der Waals surface area (Å²) < 4.78 is 38.6. The van der Waals surface area contributed by atoms with Gasteiger partial charge in [-0.2, -0.15) is 13.2 Å². The minimum Gasteiger partial charge on any atom is -0.322 e. The van der Waals surface area contributed by atoms with Crippen molar-refractivity contribution in [3.05, 3.63) is 57.3 Å². The fourth-order valence-corrected chi connectivity index (χ4v) is 1.76. The first-order valence-electron chi connectivity index (χ1n) is 4.94. The molecule has 0 bridgehead atoms. The summed E-state index contributed by atoms with van der Waals surface area (Å²) in [4.78, 5) is 13.5. The van der Waals surface area contributed by atoms with Gasteiger partial charge in [0.15, 0.2) is 0 Å². The SMILES string of the molecule is O=c1cccc(-c2ccc(Cl)cc2C(F)(F)F)[nH]1. The molecule has 0 unspecified atom stereocenters. The lowest BCUT2D eigenvalue weighted by Gasteiger charge is -2.13. The maximum atomic E-state index is 12.9. The number of hydrogen-bond donors (Lipinski definition) is 1. The Labute approximate surface area is 105 Å². The van der Waals surface area contributed by atoms with Crippen molar-refractivity contribution in [3.8, 4) is 11.3 Å². The van der Waals surface area contributed by atoms with Gasteiger partial charge in [-0.05, 0) is 18.2 Å². The molecule has 0 aliphatic heterocycles. The highest BCUT2D eigenvalue weighted by Crippen LogP contribution is 2.37. The molecule has 0 aliphatic carbocycles. The van der Waals surface area contributed by atoms with Gasteiger partial charge in [-0.25, -0.2) is 0 Å². The zero-order chi connectivity index (χ0) is 13.3. The first kappa shape index (κ1) is 12.7. The van der Waals surface area contributed by atoms with Crippen molar-refractivity contribution in [1.82, 2.24) is 4.98 Å². The molecule has 2 rings (SSSR count). The number of nitrogens with one attached hydrogen (secondary N) is 1. The van der Waals surface area contributed by atoms with E-state index in [2.05, 4.69) is 4.98 Å². The third kappa shape index (κ3) is 2.56. The van der Waals surface area contributed by atoms with Crippen LogP contribution in [-0.2, 0) is 6.18 Å². The molecule has 1 N–H and O–H groups in total. The van der Waals surface area contributed by atoms with Crippen LogP contribution < -0.4 is 5.56 Å². The molecule has 6 heteroatoms. The summed E-state index contributed by atoms with van der Waals surface area (Å²) in [5.41, 5.74) is -1.34. The summed E-state index contributed by atoms with van der Waals surface area (Å²) in [5, 5.41) is -0.00986. The Morgan fingerprint density at radius 1 is 1.11 bits per heavy atom. The predicted octanol–water partition coefficient (Wildman–Crippen LogP) is 3.71. The topological polar surface area (TPSA) is 32.9 Å². The third-order valence-electron chi connectivity index (χ3n) is 2.35. The molecule has 2 nitrogen and oxygen atoms in total. The molecular weight excluding hydrogens is 267 g/mol. The lowest BCUT2D eigenvalue weighted by molar-refractivity contribution is -0.137. The average molecular weight is 274 g/mol. The van der Waals surface area contributed by atoms with Gasteiger partial charge in [0.25, 0.3) is 0 Å².